The van der Waals surface area contributed by atoms with Crippen LogP contribution in [0.5, 0.6) is 0 Å². The Hall–Kier alpha value is -3.05. The van der Waals surface area contributed by atoms with Gasteiger partial charge in [0.25, 0.3) is 0 Å². The van der Waals surface area contributed by atoms with Gasteiger partial charge in [-0.3, -0.25) is 4.98 Å². The van der Waals surface area contributed by atoms with Crippen molar-refractivity contribution < 1.29 is 4.39 Å². The quantitative estimate of drug-likeness (QED) is 0.427. The first-order valence-electron chi connectivity index (χ1n) is 9.47. The molecule has 0 saturated heterocycles. The van der Waals surface area contributed by atoms with E-state index < -0.39 is 0 Å². The van der Waals surface area contributed by atoms with Crippen LogP contribution >= 0.6 is 11.6 Å². The SMILES string of the molecule is CCc1ncc(-c2ccc3ncc(Cl)c(NC(C)c4ccccc4F)c3c2)cn1. The van der Waals surface area contributed by atoms with E-state index in [1.54, 1.807) is 18.3 Å². The molecule has 1 unspecified atom stereocenters. The maximum Gasteiger partial charge on any atom is 0.128 e. The van der Waals surface area contributed by atoms with Crippen molar-refractivity contribution in [3.8, 4) is 11.1 Å². The summed E-state index contributed by atoms with van der Waals surface area (Å²) >= 11 is 6.47. The first kappa shape index (κ1) is 19.3. The van der Waals surface area contributed by atoms with Crippen LogP contribution in [-0.4, -0.2) is 15.0 Å². The van der Waals surface area contributed by atoms with E-state index in [0.717, 1.165) is 40.0 Å². The molecule has 0 radical (unpaired) electrons. The van der Waals surface area contributed by atoms with E-state index in [2.05, 4.69) is 20.3 Å². The number of nitrogens with one attached hydrogen (secondary N) is 1. The molecule has 0 bridgehead atoms. The van der Waals surface area contributed by atoms with Crippen LogP contribution in [0.1, 0.15) is 31.3 Å². The fourth-order valence-electron chi connectivity index (χ4n) is 3.30. The second-order valence-corrected chi connectivity index (χ2v) is 7.25. The van der Waals surface area contributed by atoms with Crippen LogP contribution in [0.3, 0.4) is 0 Å². The van der Waals surface area contributed by atoms with Crippen molar-refractivity contribution in [2.24, 2.45) is 0 Å². The molecule has 0 saturated carbocycles. The fraction of sp³-hybridized carbons (Fsp3) is 0.174. The fourth-order valence-corrected chi connectivity index (χ4v) is 3.51. The van der Waals surface area contributed by atoms with E-state index in [-0.39, 0.29) is 11.9 Å². The van der Waals surface area contributed by atoms with Gasteiger partial charge < -0.3 is 5.32 Å². The summed E-state index contributed by atoms with van der Waals surface area (Å²) in [6.45, 7) is 3.93. The third-order valence-electron chi connectivity index (χ3n) is 4.91. The monoisotopic (exact) mass is 406 g/mol. The van der Waals surface area contributed by atoms with Gasteiger partial charge in [-0.1, -0.05) is 42.8 Å². The summed E-state index contributed by atoms with van der Waals surface area (Å²) in [5.41, 5.74) is 3.98. The number of benzene rings is 2. The molecular formula is C23H20ClFN4. The summed E-state index contributed by atoms with van der Waals surface area (Å²) < 4.78 is 14.2. The molecule has 2 heterocycles. The third-order valence-corrected chi connectivity index (χ3v) is 5.20. The summed E-state index contributed by atoms with van der Waals surface area (Å²) in [5, 5.41) is 4.70. The molecule has 0 aliphatic rings. The van der Waals surface area contributed by atoms with Crippen LogP contribution in [-0.2, 0) is 6.42 Å². The minimum atomic E-state index is -0.268. The molecule has 29 heavy (non-hydrogen) atoms. The first-order valence-corrected chi connectivity index (χ1v) is 9.85. The Morgan fingerprint density at radius 3 is 2.48 bits per heavy atom. The lowest BCUT2D eigenvalue weighted by atomic mass is 10.0. The molecule has 146 valence electrons. The number of fused-ring (bicyclic) bond motifs is 1. The van der Waals surface area contributed by atoms with Gasteiger partial charge in [0, 0.05) is 41.5 Å². The summed E-state index contributed by atoms with van der Waals surface area (Å²) in [6, 6.07) is 12.4. The number of aromatic nitrogens is 3. The van der Waals surface area contributed by atoms with Crippen molar-refractivity contribution in [1.29, 1.82) is 0 Å². The Kier molecular flexibility index (Phi) is 5.41. The predicted octanol–water partition coefficient (Wildman–Crippen LogP) is 6.22. The highest BCUT2D eigenvalue weighted by molar-refractivity contribution is 6.34. The van der Waals surface area contributed by atoms with E-state index in [1.807, 2.05) is 50.5 Å². The highest BCUT2D eigenvalue weighted by Gasteiger charge is 2.15. The number of hydrogen-bond acceptors (Lipinski definition) is 4. The van der Waals surface area contributed by atoms with Crippen molar-refractivity contribution in [1.82, 2.24) is 15.0 Å². The minimum Gasteiger partial charge on any atom is -0.377 e. The van der Waals surface area contributed by atoms with Gasteiger partial charge in [0.15, 0.2) is 0 Å². The zero-order valence-corrected chi connectivity index (χ0v) is 16.9. The number of anilines is 1. The molecule has 1 N–H and O–H groups in total. The molecule has 6 heteroatoms. The number of aryl methyl sites for hydroxylation is 1. The van der Waals surface area contributed by atoms with Crippen LogP contribution in [0.25, 0.3) is 22.0 Å². The van der Waals surface area contributed by atoms with Gasteiger partial charge in [0.05, 0.1) is 22.3 Å². The molecular weight excluding hydrogens is 387 g/mol. The number of hydrogen-bond donors (Lipinski definition) is 1. The Morgan fingerprint density at radius 1 is 1.00 bits per heavy atom. The van der Waals surface area contributed by atoms with Crippen molar-refractivity contribution in [2.75, 3.05) is 5.32 Å². The molecule has 2 aromatic carbocycles. The Labute approximate surface area is 173 Å². The van der Waals surface area contributed by atoms with Gasteiger partial charge in [0.1, 0.15) is 11.6 Å². The summed E-state index contributed by atoms with van der Waals surface area (Å²) in [5.74, 6) is 0.552. The normalized spacial score (nSPS) is 12.1. The lowest BCUT2D eigenvalue weighted by molar-refractivity contribution is 0.600. The van der Waals surface area contributed by atoms with Crippen molar-refractivity contribution in [3.05, 3.63) is 83.3 Å². The maximum atomic E-state index is 14.2. The van der Waals surface area contributed by atoms with Gasteiger partial charge in [-0.15, -0.1) is 0 Å². The van der Waals surface area contributed by atoms with Crippen LogP contribution in [0, 0.1) is 5.82 Å². The number of pyridine rings is 1. The number of halogens is 2. The summed E-state index contributed by atoms with van der Waals surface area (Å²) in [7, 11) is 0. The Balaban J connectivity index is 1.76. The zero-order chi connectivity index (χ0) is 20.4. The van der Waals surface area contributed by atoms with Crippen LogP contribution in [0.15, 0.2) is 61.1 Å². The van der Waals surface area contributed by atoms with Gasteiger partial charge in [0.2, 0.25) is 0 Å². The molecule has 0 spiro atoms. The van der Waals surface area contributed by atoms with Crippen molar-refractivity contribution in [2.45, 2.75) is 26.3 Å². The minimum absolute atomic E-state index is 0.254. The molecule has 0 aliphatic carbocycles. The second-order valence-electron chi connectivity index (χ2n) is 6.84. The van der Waals surface area contributed by atoms with Gasteiger partial charge in [-0.25, -0.2) is 14.4 Å². The van der Waals surface area contributed by atoms with E-state index in [1.165, 1.54) is 6.07 Å². The third kappa shape index (κ3) is 3.91. The zero-order valence-electron chi connectivity index (χ0n) is 16.2. The molecule has 4 rings (SSSR count). The average Bonchev–Trinajstić information content (AvgIpc) is 2.75. The van der Waals surface area contributed by atoms with Gasteiger partial charge in [-0.05, 0) is 30.7 Å². The highest BCUT2D eigenvalue weighted by atomic mass is 35.5. The molecule has 4 nitrogen and oxygen atoms in total. The average molecular weight is 407 g/mol. The Bertz CT molecular complexity index is 1160. The molecule has 4 aromatic rings. The molecule has 2 aromatic heterocycles. The first-order chi connectivity index (χ1) is 14.1. The van der Waals surface area contributed by atoms with E-state index in [4.69, 9.17) is 11.6 Å². The standard InChI is InChI=1S/C23H20ClFN4/c1-3-22-27-11-16(12-28-22)15-8-9-21-18(10-15)23(19(24)13-26-21)29-14(2)17-6-4-5-7-20(17)25/h4-14H,3H2,1-2H3,(H,26,29). The second kappa shape index (κ2) is 8.13. The molecule has 0 amide bonds. The topological polar surface area (TPSA) is 50.7 Å². The van der Waals surface area contributed by atoms with Crippen LogP contribution in [0.4, 0.5) is 10.1 Å². The Morgan fingerprint density at radius 2 is 1.76 bits per heavy atom. The number of rotatable bonds is 5. The molecule has 0 aliphatic heterocycles. The van der Waals surface area contributed by atoms with Crippen LogP contribution < -0.4 is 5.32 Å². The summed E-state index contributed by atoms with van der Waals surface area (Å²) in [4.78, 5) is 13.2. The predicted molar refractivity (Wildman–Crippen MR) is 116 cm³/mol. The van der Waals surface area contributed by atoms with E-state index in [0.29, 0.717) is 10.6 Å². The van der Waals surface area contributed by atoms with Gasteiger partial charge in [-0.2, -0.15) is 0 Å². The summed E-state index contributed by atoms with van der Waals surface area (Å²) in [6.07, 6.45) is 6.04. The van der Waals surface area contributed by atoms with Crippen LogP contribution in [0.2, 0.25) is 5.02 Å². The van der Waals surface area contributed by atoms with E-state index in [9.17, 15) is 4.39 Å². The lowest BCUT2D eigenvalue weighted by Gasteiger charge is -2.19. The smallest absolute Gasteiger partial charge is 0.128 e. The van der Waals surface area contributed by atoms with Crippen molar-refractivity contribution in [3.63, 3.8) is 0 Å². The van der Waals surface area contributed by atoms with Crippen molar-refractivity contribution >= 4 is 28.2 Å². The van der Waals surface area contributed by atoms with Gasteiger partial charge >= 0.3 is 0 Å². The maximum absolute atomic E-state index is 14.2. The largest absolute Gasteiger partial charge is 0.377 e. The van der Waals surface area contributed by atoms with E-state index >= 15 is 0 Å². The highest BCUT2D eigenvalue weighted by Crippen LogP contribution is 2.35. The lowest BCUT2D eigenvalue weighted by Crippen LogP contribution is -2.09. The molecule has 0 fully saturated rings. The molecule has 1 atom stereocenters. The number of nitrogens with zero attached hydrogens (tertiary/aromatic N) is 3.